The van der Waals surface area contributed by atoms with Crippen LogP contribution in [0.15, 0.2) is 6.20 Å². The molecule has 0 fully saturated rings. The second-order valence-electron chi connectivity index (χ2n) is 4.62. The highest BCUT2D eigenvalue weighted by Gasteiger charge is 2.32. The summed E-state index contributed by atoms with van der Waals surface area (Å²) in [5.74, 6) is 0.0668. The molecule has 102 valence electrons. The highest BCUT2D eigenvalue weighted by Crippen LogP contribution is 2.28. The van der Waals surface area contributed by atoms with Gasteiger partial charge in [0.25, 0.3) is 0 Å². The lowest BCUT2D eigenvalue weighted by Crippen LogP contribution is -2.38. The van der Waals surface area contributed by atoms with Gasteiger partial charge in [0.1, 0.15) is 0 Å². The van der Waals surface area contributed by atoms with Crippen molar-refractivity contribution in [3.05, 3.63) is 17.5 Å². The zero-order valence-corrected chi connectivity index (χ0v) is 11.8. The van der Waals surface area contributed by atoms with Crippen LogP contribution in [-0.4, -0.2) is 48.5 Å². The number of hydrogen-bond acceptors (Lipinski definition) is 4. The van der Waals surface area contributed by atoms with Crippen molar-refractivity contribution in [3.8, 4) is 0 Å². The molecule has 7 heteroatoms. The average Bonchev–Trinajstić information content (AvgIpc) is 2.64. The fourth-order valence-corrected chi connectivity index (χ4v) is 3.06. The van der Waals surface area contributed by atoms with Crippen molar-refractivity contribution in [3.63, 3.8) is 0 Å². The third-order valence-electron chi connectivity index (χ3n) is 3.12. The molecule has 18 heavy (non-hydrogen) atoms. The van der Waals surface area contributed by atoms with Gasteiger partial charge in [-0.2, -0.15) is 9.40 Å². The van der Waals surface area contributed by atoms with E-state index in [9.17, 15) is 8.42 Å². The molecule has 1 aromatic rings. The predicted molar refractivity (Wildman–Crippen MR) is 67.7 cm³/mol. The summed E-state index contributed by atoms with van der Waals surface area (Å²) in [5.41, 5.74) is 1.93. The average molecular weight is 273 g/mol. The van der Waals surface area contributed by atoms with Gasteiger partial charge in [-0.15, -0.1) is 0 Å². The molecule has 0 bridgehead atoms. The molecule has 0 spiro atoms. The molecule has 1 aliphatic heterocycles. The number of aryl methyl sites for hydroxylation is 1. The summed E-state index contributed by atoms with van der Waals surface area (Å²) < 4.78 is 32.0. The van der Waals surface area contributed by atoms with Gasteiger partial charge in [-0.25, -0.2) is 8.42 Å². The maximum Gasteiger partial charge on any atom is 0.211 e. The fraction of sp³-hybridized carbons (Fsp3) is 0.727. The Morgan fingerprint density at radius 2 is 2.28 bits per heavy atom. The molecule has 1 atom stereocenters. The van der Waals surface area contributed by atoms with Gasteiger partial charge in [0.05, 0.1) is 25.1 Å². The van der Waals surface area contributed by atoms with Crippen molar-refractivity contribution in [2.45, 2.75) is 19.4 Å². The van der Waals surface area contributed by atoms with Crippen molar-refractivity contribution in [1.29, 1.82) is 0 Å². The van der Waals surface area contributed by atoms with Crippen LogP contribution < -0.4 is 0 Å². The zero-order chi connectivity index (χ0) is 13.3. The molecule has 2 rings (SSSR count). The van der Waals surface area contributed by atoms with E-state index in [4.69, 9.17) is 4.74 Å². The topological polar surface area (TPSA) is 64.4 Å². The number of sulfonamides is 1. The van der Waals surface area contributed by atoms with Crippen LogP contribution in [0.4, 0.5) is 0 Å². The summed E-state index contributed by atoms with van der Waals surface area (Å²) in [5, 5.41) is 4.33. The third-order valence-corrected chi connectivity index (χ3v) is 4.34. The minimum absolute atomic E-state index is 0.0668. The van der Waals surface area contributed by atoms with Crippen LogP contribution in [0.1, 0.15) is 24.1 Å². The molecule has 0 saturated carbocycles. The first-order valence-electron chi connectivity index (χ1n) is 5.97. The number of fused-ring (bicyclic) bond motifs is 1. The van der Waals surface area contributed by atoms with Gasteiger partial charge in [-0.05, 0) is 6.92 Å². The molecule has 0 N–H and O–H groups in total. The molecule has 0 saturated heterocycles. The van der Waals surface area contributed by atoms with Crippen LogP contribution in [0.3, 0.4) is 0 Å². The normalized spacial score (nSPS) is 20.9. The first-order valence-corrected chi connectivity index (χ1v) is 7.82. The van der Waals surface area contributed by atoms with Crippen LogP contribution in [0.25, 0.3) is 0 Å². The van der Waals surface area contributed by atoms with E-state index in [1.165, 1.54) is 10.6 Å². The lowest BCUT2D eigenvalue weighted by atomic mass is 9.97. The highest BCUT2D eigenvalue weighted by molar-refractivity contribution is 7.88. The smallest absolute Gasteiger partial charge is 0.211 e. The van der Waals surface area contributed by atoms with E-state index in [0.29, 0.717) is 26.3 Å². The van der Waals surface area contributed by atoms with Gasteiger partial charge >= 0.3 is 0 Å². The Hall–Kier alpha value is -0.920. The standard InChI is InChI=1S/C11H19N3O3S/c1-4-17-8-9-5-14(18(3,15)16)7-11-10(9)6-13(2)12-11/h6,9H,4-5,7-8H2,1-3H3/t9-/m1/s1. The van der Waals surface area contributed by atoms with Crippen molar-refractivity contribution < 1.29 is 13.2 Å². The van der Waals surface area contributed by atoms with Gasteiger partial charge in [0, 0.05) is 37.9 Å². The van der Waals surface area contributed by atoms with Crippen LogP contribution >= 0.6 is 0 Å². The monoisotopic (exact) mass is 273 g/mol. The van der Waals surface area contributed by atoms with Crippen molar-refractivity contribution >= 4 is 10.0 Å². The summed E-state index contributed by atoms with van der Waals surface area (Å²) in [7, 11) is -1.34. The minimum atomic E-state index is -3.19. The molecular formula is C11H19N3O3S. The van der Waals surface area contributed by atoms with E-state index in [1.807, 2.05) is 20.2 Å². The number of ether oxygens (including phenoxy) is 1. The molecule has 0 amide bonds. The first-order chi connectivity index (χ1) is 8.41. The number of nitrogens with zero attached hydrogens (tertiary/aromatic N) is 3. The predicted octanol–water partition coefficient (Wildman–Crippen LogP) is 0.315. The molecule has 2 heterocycles. The van der Waals surface area contributed by atoms with Gasteiger partial charge < -0.3 is 4.74 Å². The molecule has 0 aromatic carbocycles. The molecule has 0 aliphatic carbocycles. The van der Waals surface area contributed by atoms with Crippen molar-refractivity contribution in [2.75, 3.05) is 26.0 Å². The van der Waals surface area contributed by atoms with Crippen LogP contribution in [0.5, 0.6) is 0 Å². The second-order valence-corrected chi connectivity index (χ2v) is 6.60. The maximum absolute atomic E-state index is 11.7. The molecular weight excluding hydrogens is 254 g/mol. The Labute approximate surface area is 108 Å². The van der Waals surface area contributed by atoms with Gasteiger partial charge in [0.2, 0.25) is 10.0 Å². The lowest BCUT2D eigenvalue weighted by molar-refractivity contribution is 0.121. The minimum Gasteiger partial charge on any atom is -0.381 e. The van der Waals surface area contributed by atoms with Crippen molar-refractivity contribution in [1.82, 2.24) is 14.1 Å². The van der Waals surface area contributed by atoms with Crippen LogP contribution in [-0.2, 0) is 28.4 Å². The highest BCUT2D eigenvalue weighted by atomic mass is 32.2. The van der Waals surface area contributed by atoms with E-state index < -0.39 is 10.0 Å². The molecule has 1 aliphatic rings. The van der Waals surface area contributed by atoms with E-state index >= 15 is 0 Å². The number of rotatable bonds is 4. The van der Waals surface area contributed by atoms with Crippen LogP contribution in [0, 0.1) is 0 Å². The summed E-state index contributed by atoms with van der Waals surface area (Å²) in [6.07, 6.45) is 3.19. The van der Waals surface area contributed by atoms with E-state index in [2.05, 4.69) is 5.10 Å². The summed E-state index contributed by atoms with van der Waals surface area (Å²) in [4.78, 5) is 0. The molecule has 0 unspecified atom stereocenters. The molecule has 0 radical (unpaired) electrons. The molecule has 6 nitrogen and oxygen atoms in total. The Morgan fingerprint density at radius 3 is 2.89 bits per heavy atom. The van der Waals surface area contributed by atoms with E-state index in [-0.39, 0.29) is 5.92 Å². The van der Waals surface area contributed by atoms with Crippen LogP contribution in [0.2, 0.25) is 0 Å². The Balaban J connectivity index is 2.29. The Kier molecular flexibility index (Phi) is 3.74. The molecule has 1 aromatic heterocycles. The summed E-state index contributed by atoms with van der Waals surface area (Å²) in [6, 6.07) is 0. The first kappa shape index (κ1) is 13.5. The van der Waals surface area contributed by atoms with E-state index in [1.54, 1.807) is 4.68 Å². The summed E-state index contributed by atoms with van der Waals surface area (Å²) >= 11 is 0. The SMILES string of the molecule is CCOC[C@H]1CN(S(C)(=O)=O)Cc2nn(C)cc21. The quantitative estimate of drug-likeness (QED) is 0.792. The Morgan fingerprint density at radius 1 is 1.56 bits per heavy atom. The number of hydrogen-bond donors (Lipinski definition) is 0. The third kappa shape index (κ3) is 2.73. The largest absolute Gasteiger partial charge is 0.381 e. The van der Waals surface area contributed by atoms with Crippen molar-refractivity contribution in [2.24, 2.45) is 7.05 Å². The Bertz CT molecular complexity index is 524. The lowest BCUT2D eigenvalue weighted by Gasteiger charge is -2.30. The van der Waals surface area contributed by atoms with Gasteiger partial charge in [0.15, 0.2) is 0 Å². The number of aromatic nitrogens is 2. The summed E-state index contributed by atoms with van der Waals surface area (Å²) in [6.45, 7) is 3.92. The zero-order valence-electron chi connectivity index (χ0n) is 11.0. The maximum atomic E-state index is 11.7. The fourth-order valence-electron chi connectivity index (χ4n) is 2.25. The van der Waals surface area contributed by atoms with Gasteiger partial charge in [-0.1, -0.05) is 0 Å². The van der Waals surface area contributed by atoms with E-state index in [0.717, 1.165) is 11.3 Å². The second kappa shape index (κ2) is 4.99. The van der Waals surface area contributed by atoms with Gasteiger partial charge in [-0.3, -0.25) is 4.68 Å².